The van der Waals surface area contributed by atoms with Crippen LogP contribution in [0.4, 0.5) is 0 Å². The van der Waals surface area contributed by atoms with E-state index in [4.69, 9.17) is 1.37 Å². The third-order valence-corrected chi connectivity index (χ3v) is 0. The summed E-state index contributed by atoms with van der Waals surface area (Å²) in [5.41, 5.74) is 4.00. The quantitative estimate of drug-likeness (QED) is 0.250. The van der Waals surface area contributed by atoms with Gasteiger partial charge < -0.3 is 19.4 Å². The Morgan fingerprint density at radius 3 is 1.36 bits per heavy atom. The van der Waals surface area contributed by atoms with Gasteiger partial charge in [0.05, 0.1) is 0 Å². The van der Waals surface area contributed by atoms with Crippen LogP contribution in [0.2, 0.25) is 0 Å². The molecule has 0 bridgehead atoms. The van der Waals surface area contributed by atoms with E-state index in [9.17, 15) is 0 Å². The molecule has 8 heteroatoms. The van der Waals surface area contributed by atoms with Gasteiger partial charge in [-0.2, -0.15) is 12.6 Å². The van der Waals surface area contributed by atoms with Gasteiger partial charge in [-0.1, -0.05) is 14.9 Å². The smallest absolute Gasteiger partial charge is 1.00 e. The topological polar surface area (TPSA) is 94.5 Å². The minimum absolute atomic E-state index is 0. The Hall–Kier alpha value is 1.55. The first kappa shape index (κ1) is 80.8. The Balaban J connectivity index is -0.00000000109. The summed E-state index contributed by atoms with van der Waals surface area (Å²) in [6, 6.07) is 0. The molecule has 0 saturated carbocycles. The van der Waals surface area contributed by atoms with Gasteiger partial charge >= 0.3 is 37.7 Å². The summed E-state index contributed by atoms with van der Waals surface area (Å²) >= 11 is 3.46. The van der Waals surface area contributed by atoms with Crippen LogP contribution in [0.3, 0.4) is 0 Å². The standard InChI is InChI=1S/CH4S.2CH4.BH2N.B.2Li.H3N.H2N.H/c1-2;;;1-2;;;;;;/h2H,1H3;2*1H4;2H2;;;;1H3;1H2;/q;;;;;2*+1;;2*-1/i1D;;;;;;;;;. The second kappa shape index (κ2) is 533. The first-order chi connectivity index (χ1) is 2.41. The monoisotopic (exact) mass is 167 g/mol. The number of thiol groups is 1. The molecule has 0 atom stereocenters. The van der Waals surface area contributed by atoms with Crippen molar-refractivity contribution in [2.24, 2.45) is 5.64 Å². The van der Waals surface area contributed by atoms with Crippen LogP contribution in [-0.2, 0) is 0 Å². The van der Waals surface area contributed by atoms with E-state index in [1.54, 1.807) is 0 Å². The predicted octanol–water partition coefficient (Wildman–Crippen LogP) is -4.53. The molecule has 0 aromatic carbocycles. The Kier molecular flexibility index (Phi) is 3910. The van der Waals surface area contributed by atoms with Gasteiger partial charge in [0.15, 0.2) is 7.98 Å². The second-order valence-corrected chi connectivity index (χ2v) is 0. The van der Waals surface area contributed by atoms with E-state index in [0.29, 0.717) is 0 Å². The zero-order valence-corrected chi connectivity index (χ0v) is 7.07. The molecule has 0 spiro atoms. The maximum absolute atomic E-state index is 6.07. The molecule has 0 aliphatic rings. The Morgan fingerprint density at radius 1 is 1.36 bits per heavy atom. The largest absolute Gasteiger partial charge is 1.00 e. The molecule has 0 aromatic rings. The number of rotatable bonds is 0. The van der Waals surface area contributed by atoms with Crippen molar-refractivity contribution >= 4 is 29.0 Å². The molecule has 0 saturated heterocycles. The summed E-state index contributed by atoms with van der Waals surface area (Å²) in [6.45, 7) is 0. The average molecular weight is 167 g/mol. The molecular weight excluding hydrogens is 146 g/mol. The van der Waals surface area contributed by atoms with E-state index >= 15 is 0 Å². The second-order valence-electron chi connectivity index (χ2n) is 0. The average Bonchev–Trinajstić information content (AvgIpc) is 1.46. The van der Waals surface area contributed by atoms with Crippen LogP contribution >= 0.6 is 12.6 Å². The van der Waals surface area contributed by atoms with Crippen molar-refractivity contribution in [3.8, 4) is 0 Å². The molecule has 11 heavy (non-hydrogen) atoms. The third-order valence-electron chi connectivity index (χ3n) is 0. The van der Waals surface area contributed by atoms with Crippen molar-refractivity contribution in [3.63, 3.8) is 0 Å². The van der Waals surface area contributed by atoms with Crippen LogP contribution in [0.5, 0.6) is 0 Å². The van der Waals surface area contributed by atoms with Crippen molar-refractivity contribution in [1.82, 2.24) is 6.15 Å². The Labute approximate surface area is 108 Å². The van der Waals surface area contributed by atoms with Crippen molar-refractivity contribution < 1.29 is 40.5 Å². The molecule has 5 radical (unpaired) electrons. The molecule has 0 heterocycles. The fourth-order valence-electron chi connectivity index (χ4n) is 0. The molecular formula is C3H20B2Li2N3S. The zero-order chi connectivity index (χ0) is 4.71. The third kappa shape index (κ3) is 436. The molecule has 0 amide bonds. The van der Waals surface area contributed by atoms with Crippen LogP contribution in [-0.4, -0.2) is 22.6 Å². The number of nitrogens with two attached hydrogens (primary N) is 2. The molecule has 0 aromatic heterocycles. The molecule has 0 rings (SSSR count). The molecule has 0 aliphatic heterocycles. The molecule has 3 nitrogen and oxygen atoms in total. The van der Waals surface area contributed by atoms with Gasteiger partial charge in [0.1, 0.15) is 0 Å². The normalized spacial score (nSPS) is 2.18. The van der Waals surface area contributed by atoms with Gasteiger partial charge in [0.25, 0.3) is 0 Å². The summed E-state index contributed by atoms with van der Waals surface area (Å²) in [5.74, 6) is 0. The number of hydrogen-bond donors (Lipinski definition) is 3. The Morgan fingerprint density at radius 2 is 1.36 bits per heavy atom. The van der Waals surface area contributed by atoms with E-state index < -0.39 is 0 Å². The maximum Gasteiger partial charge on any atom is 1.00 e. The predicted molar refractivity (Wildman–Crippen MR) is 55.5 cm³/mol. The molecule has 0 aliphatic carbocycles. The first-order valence-corrected chi connectivity index (χ1v) is 1.28. The van der Waals surface area contributed by atoms with Crippen LogP contribution in [0.15, 0.2) is 0 Å². The van der Waals surface area contributed by atoms with Crippen molar-refractivity contribution in [3.05, 3.63) is 6.15 Å². The minimum atomic E-state index is 0. The maximum atomic E-state index is 6.07. The molecule has 7 N–H and O–H groups in total. The van der Waals surface area contributed by atoms with Gasteiger partial charge in [-0.15, -0.1) is 0 Å². The Bertz CT molecular complexity index is 32.6. The molecule has 0 fully saturated rings. The van der Waals surface area contributed by atoms with E-state index in [0.717, 1.165) is 0 Å². The zero-order valence-electron chi connectivity index (χ0n) is 8.17. The SMILES string of the molecule is C.C.N.[2H]CS.[B].[B]N.[H-].[Li+].[Li+].[NH2-]. The van der Waals surface area contributed by atoms with Gasteiger partial charge in [-0.3, -0.25) is 0 Å². The van der Waals surface area contributed by atoms with E-state index in [-0.39, 0.29) is 80.9 Å². The van der Waals surface area contributed by atoms with Gasteiger partial charge in [-0.25, -0.2) is 0 Å². The van der Waals surface area contributed by atoms with Crippen LogP contribution in [0, 0.1) is 0 Å². The van der Waals surface area contributed by atoms with Gasteiger partial charge in [0.2, 0.25) is 0 Å². The summed E-state index contributed by atoms with van der Waals surface area (Å²) in [5, 5.41) is 0. The van der Waals surface area contributed by atoms with Crippen molar-refractivity contribution in [1.29, 1.82) is 0 Å². The van der Waals surface area contributed by atoms with E-state index in [2.05, 4.69) is 26.3 Å². The van der Waals surface area contributed by atoms with E-state index in [1.807, 2.05) is 0 Å². The van der Waals surface area contributed by atoms with Crippen LogP contribution < -0.4 is 49.5 Å². The number of hydrogen-bond acceptors (Lipinski definition) is 3. The first-order valence-electron chi connectivity index (χ1n) is 1.36. The fraction of sp³-hybridized carbons (Fsp3) is 1.00. The summed E-state index contributed by atoms with van der Waals surface area (Å²) < 4.78 is 6.07. The molecule has 61 valence electrons. The summed E-state index contributed by atoms with van der Waals surface area (Å²) in [4.78, 5) is 0. The summed E-state index contributed by atoms with van der Waals surface area (Å²) in [7, 11) is 4.00. The van der Waals surface area contributed by atoms with Gasteiger partial charge in [0, 0.05) is 9.78 Å². The van der Waals surface area contributed by atoms with Crippen LogP contribution in [0.1, 0.15) is 17.7 Å². The van der Waals surface area contributed by atoms with Crippen molar-refractivity contribution in [2.75, 3.05) is 6.23 Å². The van der Waals surface area contributed by atoms with Gasteiger partial charge in [-0.05, 0) is 6.23 Å². The summed E-state index contributed by atoms with van der Waals surface area (Å²) in [6.07, 6.45) is 0.194. The van der Waals surface area contributed by atoms with E-state index in [1.165, 1.54) is 0 Å². The molecule has 0 unspecified atom stereocenters. The minimum Gasteiger partial charge on any atom is -1.00 e. The van der Waals surface area contributed by atoms with Crippen LogP contribution in [0.25, 0.3) is 6.15 Å². The van der Waals surface area contributed by atoms with Crippen molar-refractivity contribution in [2.45, 2.75) is 14.9 Å². The fourth-order valence-corrected chi connectivity index (χ4v) is 0.